The van der Waals surface area contributed by atoms with Gasteiger partial charge >= 0.3 is 0 Å². The number of aliphatic hydroxyl groups excluding tert-OH is 1. The van der Waals surface area contributed by atoms with Gasteiger partial charge in [0.05, 0.1) is 18.8 Å². The second kappa shape index (κ2) is 8.26. The van der Waals surface area contributed by atoms with Gasteiger partial charge in [-0.15, -0.1) is 0 Å². The van der Waals surface area contributed by atoms with Gasteiger partial charge in [0, 0.05) is 24.5 Å². The van der Waals surface area contributed by atoms with E-state index in [9.17, 15) is 9.90 Å². The van der Waals surface area contributed by atoms with Crippen molar-refractivity contribution in [2.24, 2.45) is 0 Å². The molecule has 1 aromatic carbocycles. The summed E-state index contributed by atoms with van der Waals surface area (Å²) in [5, 5.41) is 12.6. The van der Waals surface area contributed by atoms with E-state index in [0.717, 1.165) is 5.56 Å². The summed E-state index contributed by atoms with van der Waals surface area (Å²) in [6, 6.07) is 13.0. The van der Waals surface area contributed by atoms with Gasteiger partial charge in [0.2, 0.25) is 0 Å². The number of hydrogen-bond donors (Lipinski definition) is 2. The first-order chi connectivity index (χ1) is 10.7. The molecule has 2 unspecified atom stereocenters. The number of amides is 1. The van der Waals surface area contributed by atoms with Gasteiger partial charge in [0.25, 0.3) is 5.91 Å². The van der Waals surface area contributed by atoms with Gasteiger partial charge in [0.15, 0.2) is 0 Å². The van der Waals surface area contributed by atoms with Crippen molar-refractivity contribution in [1.82, 2.24) is 10.3 Å². The molecular weight excluding hydrogens is 280 g/mol. The van der Waals surface area contributed by atoms with Crippen LogP contribution in [0.25, 0.3) is 0 Å². The van der Waals surface area contributed by atoms with Crippen molar-refractivity contribution >= 4 is 5.91 Å². The average Bonchev–Trinajstić information content (AvgIpc) is 2.59. The standard InChI is InChI=1S/C17H20N2O3/c1-13(14-5-3-2-4-6-14)22-12-16(20)11-19-17(21)15-7-9-18-10-8-15/h2-10,13,16,20H,11-12H2,1H3,(H,19,21). The van der Waals surface area contributed by atoms with E-state index >= 15 is 0 Å². The molecule has 2 N–H and O–H groups in total. The number of aromatic nitrogens is 1. The summed E-state index contributed by atoms with van der Waals surface area (Å²) >= 11 is 0. The van der Waals surface area contributed by atoms with Gasteiger partial charge in [-0.25, -0.2) is 0 Å². The lowest BCUT2D eigenvalue weighted by Crippen LogP contribution is -2.34. The predicted octanol–water partition coefficient (Wildman–Crippen LogP) is 1.95. The van der Waals surface area contributed by atoms with Crippen LogP contribution in [0, 0.1) is 0 Å². The van der Waals surface area contributed by atoms with Gasteiger partial charge < -0.3 is 15.2 Å². The molecule has 0 saturated carbocycles. The third-order valence-corrected chi connectivity index (χ3v) is 3.25. The molecule has 5 nitrogen and oxygen atoms in total. The fourth-order valence-corrected chi connectivity index (χ4v) is 1.95. The molecule has 22 heavy (non-hydrogen) atoms. The number of benzene rings is 1. The molecule has 0 saturated heterocycles. The Hall–Kier alpha value is -2.24. The Bertz CT molecular complexity index is 575. The number of carbonyl (C=O) groups excluding carboxylic acids is 1. The third kappa shape index (κ3) is 4.95. The van der Waals surface area contributed by atoms with Gasteiger partial charge in [-0.3, -0.25) is 9.78 Å². The molecule has 1 heterocycles. The monoisotopic (exact) mass is 300 g/mol. The molecule has 116 valence electrons. The molecule has 2 rings (SSSR count). The Balaban J connectivity index is 1.72. The second-order valence-corrected chi connectivity index (χ2v) is 4.99. The highest BCUT2D eigenvalue weighted by molar-refractivity contribution is 5.93. The minimum atomic E-state index is -0.753. The minimum absolute atomic E-state index is 0.105. The van der Waals surface area contributed by atoms with E-state index in [0.29, 0.717) is 5.56 Å². The van der Waals surface area contributed by atoms with E-state index in [4.69, 9.17) is 4.74 Å². The lowest BCUT2D eigenvalue weighted by molar-refractivity contribution is -0.00171. The molecular formula is C17H20N2O3. The highest BCUT2D eigenvalue weighted by atomic mass is 16.5. The van der Waals surface area contributed by atoms with Crippen LogP contribution in [0.2, 0.25) is 0 Å². The lowest BCUT2D eigenvalue weighted by Gasteiger charge is -2.17. The molecule has 0 aliphatic carbocycles. The normalized spacial score (nSPS) is 13.4. The van der Waals surface area contributed by atoms with Crippen molar-refractivity contribution in [3.63, 3.8) is 0 Å². The Kier molecular flexibility index (Phi) is 6.06. The maximum atomic E-state index is 11.8. The summed E-state index contributed by atoms with van der Waals surface area (Å²) in [4.78, 5) is 15.7. The second-order valence-electron chi connectivity index (χ2n) is 4.99. The van der Waals surface area contributed by atoms with E-state index in [1.54, 1.807) is 24.5 Å². The van der Waals surface area contributed by atoms with Crippen molar-refractivity contribution in [3.05, 3.63) is 66.0 Å². The molecule has 0 bridgehead atoms. The molecule has 0 spiro atoms. The van der Waals surface area contributed by atoms with Crippen molar-refractivity contribution in [3.8, 4) is 0 Å². The van der Waals surface area contributed by atoms with Crippen LogP contribution in [0.3, 0.4) is 0 Å². The van der Waals surface area contributed by atoms with Crippen LogP contribution in [-0.2, 0) is 4.74 Å². The number of hydrogen-bond acceptors (Lipinski definition) is 4. The van der Waals surface area contributed by atoms with Crippen LogP contribution in [0.4, 0.5) is 0 Å². The van der Waals surface area contributed by atoms with Crippen LogP contribution < -0.4 is 5.32 Å². The molecule has 0 fully saturated rings. The minimum Gasteiger partial charge on any atom is -0.389 e. The maximum absolute atomic E-state index is 11.8. The summed E-state index contributed by atoms with van der Waals surface area (Å²) < 4.78 is 5.62. The Morgan fingerprint density at radius 1 is 1.23 bits per heavy atom. The fraction of sp³-hybridized carbons (Fsp3) is 0.294. The molecule has 0 aliphatic heterocycles. The number of carbonyl (C=O) groups is 1. The summed E-state index contributed by atoms with van der Waals surface area (Å²) in [7, 11) is 0. The quantitative estimate of drug-likeness (QED) is 0.820. The van der Waals surface area contributed by atoms with E-state index in [-0.39, 0.29) is 25.2 Å². The summed E-state index contributed by atoms with van der Waals surface area (Å²) in [6.07, 6.45) is 2.25. The van der Waals surface area contributed by atoms with Gasteiger partial charge in [-0.1, -0.05) is 30.3 Å². The number of rotatable bonds is 7. The van der Waals surface area contributed by atoms with Crippen LogP contribution in [0.5, 0.6) is 0 Å². The van der Waals surface area contributed by atoms with Crippen molar-refractivity contribution in [2.45, 2.75) is 19.1 Å². The summed E-state index contributed by atoms with van der Waals surface area (Å²) in [5.41, 5.74) is 1.57. The van der Waals surface area contributed by atoms with Crippen LogP contribution in [0.15, 0.2) is 54.9 Å². The highest BCUT2D eigenvalue weighted by Crippen LogP contribution is 2.15. The van der Waals surface area contributed by atoms with Crippen molar-refractivity contribution in [1.29, 1.82) is 0 Å². The van der Waals surface area contributed by atoms with Crippen molar-refractivity contribution < 1.29 is 14.6 Å². The lowest BCUT2D eigenvalue weighted by atomic mass is 10.1. The Morgan fingerprint density at radius 3 is 2.59 bits per heavy atom. The Morgan fingerprint density at radius 2 is 1.91 bits per heavy atom. The topological polar surface area (TPSA) is 71.5 Å². The molecule has 1 amide bonds. The zero-order valence-corrected chi connectivity index (χ0v) is 12.5. The predicted molar refractivity (Wildman–Crippen MR) is 83.4 cm³/mol. The number of ether oxygens (including phenoxy) is 1. The number of pyridine rings is 1. The first-order valence-corrected chi connectivity index (χ1v) is 7.19. The van der Waals surface area contributed by atoms with Gasteiger partial charge in [0.1, 0.15) is 0 Å². The number of nitrogens with zero attached hydrogens (tertiary/aromatic N) is 1. The average molecular weight is 300 g/mol. The van der Waals surface area contributed by atoms with Crippen LogP contribution in [-0.4, -0.2) is 35.3 Å². The Labute approximate surface area is 130 Å². The molecule has 1 aromatic heterocycles. The third-order valence-electron chi connectivity index (χ3n) is 3.25. The molecule has 5 heteroatoms. The van der Waals surface area contributed by atoms with E-state index < -0.39 is 6.10 Å². The first kappa shape index (κ1) is 16.1. The SMILES string of the molecule is CC(OCC(O)CNC(=O)c1ccncc1)c1ccccc1. The molecule has 2 aromatic rings. The molecule has 0 radical (unpaired) electrons. The number of nitrogens with one attached hydrogen (secondary N) is 1. The summed E-state index contributed by atoms with van der Waals surface area (Å²) in [5.74, 6) is -0.238. The zero-order valence-electron chi connectivity index (χ0n) is 12.5. The summed E-state index contributed by atoms with van der Waals surface area (Å²) in [6.45, 7) is 2.23. The van der Waals surface area contributed by atoms with Crippen molar-refractivity contribution in [2.75, 3.05) is 13.2 Å². The van der Waals surface area contributed by atoms with E-state index in [2.05, 4.69) is 10.3 Å². The smallest absolute Gasteiger partial charge is 0.251 e. The van der Waals surface area contributed by atoms with Crippen LogP contribution in [0.1, 0.15) is 28.9 Å². The first-order valence-electron chi connectivity index (χ1n) is 7.19. The van der Waals surface area contributed by atoms with Gasteiger partial charge in [-0.05, 0) is 24.6 Å². The molecule has 2 atom stereocenters. The van der Waals surface area contributed by atoms with E-state index in [1.807, 2.05) is 37.3 Å². The maximum Gasteiger partial charge on any atom is 0.251 e. The van der Waals surface area contributed by atoms with Crippen LogP contribution >= 0.6 is 0 Å². The largest absolute Gasteiger partial charge is 0.389 e. The van der Waals surface area contributed by atoms with E-state index in [1.165, 1.54) is 0 Å². The fourth-order valence-electron chi connectivity index (χ4n) is 1.95. The number of aliphatic hydroxyl groups is 1. The zero-order chi connectivity index (χ0) is 15.8. The highest BCUT2D eigenvalue weighted by Gasteiger charge is 2.11. The molecule has 0 aliphatic rings. The van der Waals surface area contributed by atoms with Gasteiger partial charge in [-0.2, -0.15) is 0 Å².